The lowest BCUT2D eigenvalue weighted by Gasteiger charge is -2.10. The number of benzene rings is 2. The Morgan fingerprint density at radius 1 is 1.03 bits per heavy atom. The molecule has 0 bridgehead atoms. The molecule has 2 aromatic carbocycles. The first-order valence-corrected chi connectivity index (χ1v) is 10.2. The van der Waals surface area contributed by atoms with Gasteiger partial charge in [0, 0.05) is 25.7 Å². The number of nitrogens with one attached hydrogen (secondary N) is 3. The molecule has 2 aromatic heterocycles. The highest BCUT2D eigenvalue weighted by atomic mass is 16.4. The second-order valence-electron chi connectivity index (χ2n) is 7.65. The summed E-state index contributed by atoms with van der Waals surface area (Å²) in [7, 11) is 5.52. The average Bonchev–Trinajstić information content (AvgIpc) is 3.30. The van der Waals surface area contributed by atoms with Crippen LogP contribution in [0.5, 0.6) is 0 Å². The van der Waals surface area contributed by atoms with Crippen LogP contribution >= 0.6 is 0 Å². The van der Waals surface area contributed by atoms with E-state index in [1.54, 1.807) is 17.0 Å². The second-order valence-corrected chi connectivity index (χ2v) is 7.65. The van der Waals surface area contributed by atoms with Crippen LogP contribution in [-0.4, -0.2) is 65.0 Å². The molecule has 0 aliphatic carbocycles. The summed E-state index contributed by atoms with van der Waals surface area (Å²) in [6.45, 7) is 1.01. The fourth-order valence-electron chi connectivity index (χ4n) is 3.30. The molecule has 0 saturated heterocycles. The molecule has 0 spiro atoms. The highest BCUT2D eigenvalue weighted by Crippen LogP contribution is 2.24. The average molecular weight is 435 g/mol. The van der Waals surface area contributed by atoms with Gasteiger partial charge in [-0.05, 0) is 44.4 Å². The molecule has 0 aliphatic heterocycles. The van der Waals surface area contributed by atoms with Gasteiger partial charge in [0.1, 0.15) is 5.52 Å². The third-order valence-corrected chi connectivity index (χ3v) is 4.85. The first-order valence-electron chi connectivity index (χ1n) is 10.2. The summed E-state index contributed by atoms with van der Waals surface area (Å²) in [4.78, 5) is 34.9. The molecule has 166 valence electrons. The lowest BCUT2D eigenvalue weighted by molar-refractivity contribution is -0.121. The molecule has 0 aliphatic rings. The molecule has 32 heavy (non-hydrogen) atoms. The van der Waals surface area contributed by atoms with Gasteiger partial charge in [0.15, 0.2) is 5.58 Å². The lowest BCUT2D eigenvalue weighted by Crippen LogP contribution is -2.38. The Balaban J connectivity index is 1.41. The predicted octanol–water partition coefficient (Wildman–Crippen LogP) is 1.87. The Kier molecular flexibility index (Phi) is 6.04. The van der Waals surface area contributed by atoms with E-state index in [2.05, 4.69) is 25.9 Å². The number of fused-ring (bicyclic) bond motifs is 2. The van der Waals surface area contributed by atoms with Crippen LogP contribution in [0.25, 0.3) is 22.1 Å². The molecule has 10 heteroatoms. The number of amides is 2. The number of anilines is 2. The summed E-state index contributed by atoms with van der Waals surface area (Å²) in [5.41, 5.74) is 3.45. The number of likely N-dealkylation sites (N-methyl/N-ethyl adjacent to an activating group) is 1. The van der Waals surface area contributed by atoms with Crippen LogP contribution in [0.15, 0.2) is 46.9 Å². The van der Waals surface area contributed by atoms with Crippen molar-refractivity contribution in [3.8, 4) is 0 Å². The van der Waals surface area contributed by atoms with Gasteiger partial charge < -0.3 is 24.5 Å². The summed E-state index contributed by atoms with van der Waals surface area (Å²) in [6.07, 6.45) is 0. The Morgan fingerprint density at radius 3 is 2.59 bits per heavy atom. The van der Waals surface area contributed by atoms with Crippen LogP contribution < -0.4 is 16.0 Å². The second kappa shape index (κ2) is 9.06. The zero-order valence-electron chi connectivity index (χ0n) is 18.2. The van der Waals surface area contributed by atoms with Crippen molar-refractivity contribution in [2.45, 2.75) is 0 Å². The van der Waals surface area contributed by atoms with Crippen molar-refractivity contribution >= 4 is 45.9 Å². The standard InChI is InChI=1S/C22H25N7O3/c1-28(2)13-19(30)23-10-11-24-20(31)14-8-9-17-16(12-14)25-21(29(17)3)27-22-26-15-6-4-5-7-18(15)32-22/h4-9,12H,10-11,13H2,1-3H3,(H,23,30)(H,24,31)(H,25,26,27). The highest BCUT2D eigenvalue weighted by Gasteiger charge is 2.14. The zero-order valence-corrected chi connectivity index (χ0v) is 18.2. The topological polar surface area (TPSA) is 117 Å². The number of carbonyl (C=O) groups is 2. The molecular formula is C22H25N7O3. The number of nitrogens with zero attached hydrogens (tertiary/aromatic N) is 4. The maximum absolute atomic E-state index is 12.5. The van der Waals surface area contributed by atoms with E-state index in [1.807, 2.05) is 56.0 Å². The number of aromatic nitrogens is 3. The Labute approximate surface area is 184 Å². The van der Waals surface area contributed by atoms with Gasteiger partial charge in [0.2, 0.25) is 11.9 Å². The van der Waals surface area contributed by atoms with Gasteiger partial charge in [0.25, 0.3) is 5.91 Å². The smallest absolute Gasteiger partial charge is 0.302 e. The van der Waals surface area contributed by atoms with E-state index in [4.69, 9.17) is 4.42 Å². The van der Waals surface area contributed by atoms with Crippen molar-refractivity contribution in [1.82, 2.24) is 30.1 Å². The molecule has 0 atom stereocenters. The van der Waals surface area contributed by atoms with Gasteiger partial charge in [-0.25, -0.2) is 4.98 Å². The van der Waals surface area contributed by atoms with Crippen LogP contribution in [0, 0.1) is 0 Å². The number of imidazole rings is 1. The number of oxazole rings is 1. The maximum atomic E-state index is 12.5. The molecule has 2 heterocycles. The monoisotopic (exact) mass is 435 g/mol. The summed E-state index contributed by atoms with van der Waals surface area (Å²) in [5, 5.41) is 8.66. The molecule has 10 nitrogen and oxygen atoms in total. The third kappa shape index (κ3) is 4.70. The van der Waals surface area contributed by atoms with Gasteiger partial charge in [-0.2, -0.15) is 4.98 Å². The van der Waals surface area contributed by atoms with Gasteiger partial charge >= 0.3 is 6.01 Å². The molecule has 0 saturated carbocycles. The van der Waals surface area contributed by atoms with E-state index in [1.165, 1.54) is 0 Å². The number of carbonyl (C=O) groups excluding carboxylic acids is 2. The fraction of sp³-hybridized carbons (Fsp3) is 0.273. The summed E-state index contributed by atoms with van der Waals surface area (Å²) in [5.74, 6) is 0.235. The number of aryl methyl sites for hydroxylation is 1. The van der Waals surface area contributed by atoms with Gasteiger partial charge in [0.05, 0.1) is 17.6 Å². The molecule has 2 amide bonds. The highest BCUT2D eigenvalue weighted by molar-refractivity contribution is 5.97. The molecular weight excluding hydrogens is 410 g/mol. The van der Waals surface area contributed by atoms with Crippen LogP contribution in [0.2, 0.25) is 0 Å². The number of hydrogen-bond donors (Lipinski definition) is 3. The van der Waals surface area contributed by atoms with Crippen LogP contribution in [0.3, 0.4) is 0 Å². The van der Waals surface area contributed by atoms with E-state index < -0.39 is 0 Å². The van der Waals surface area contributed by atoms with Crippen molar-refractivity contribution in [3.63, 3.8) is 0 Å². The van der Waals surface area contributed by atoms with Crippen LogP contribution in [-0.2, 0) is 11.8 Å². The van der Waals surface area contributed by atoms with Gasteiger partial charge in [-0.3, -0.25) is 14.9 Å². The van der Waals surface area contributed by atoms with Crippen LogP contribution in [0.1, 0.15) is 10.4 Å². The number of rotatable bonds is 8. The minimum atomic E-state index is -0.229. The fourth-order valence-corrected chi connectivity index (χ4v) is 3.30. The molecule has 4 rings (SSSR count). The van der Waals surface area contributed by atoms with Crippen LogP contribution in [0.4, 0.5) is 12.0 Å². The molecule has 0 fully saturated rings. The first kappa shape index (κ1) is 21.3. The van der Waals surface area contributed by atoms with Crippen molar-refractivity contribution in [2.24, 2.45) is 7.05 Å². The maximum Gasteiger partial charge on any atom is 0.302 e. The Hall–Kier alpha value is -3.92. The van der Waals surface area contributed by atoms with Crippen molar-refractivity contribution in [1.29, 1.82) is 0 Å². The van der Waals surface area contributed by atoms with Gasteiger partial charge in [-0.1, -0.05) is 12.1 Å². The largest absolute Gasteiger partial charge is 0.423 e. The van der Waals surface area contributed by atoms with Crippen molar-refractivity contribution < 1.29 is 14.0 Å². The van der Waals surface area contributed by atoms with E-state index in [9.17, 15) is 9.59 Å². The SMILES string of the molecule is CN(C)CC(=O)NCCNC(=O)c1ccc2c(c1)nc(Nc1nc3ccccc3o1)n2C. The number of para-hydroxylation sites is 2. The van der Waals surface area contributed by atoms with E-state index in [-0.39, 0.29) is 11.8 Å². The first-order chi connectivity index (χ1) is 15.4. The minimum Gasteiger partial charge on any atom is -0.423 e. The predicted molar refractivity (Wildman–Crippen MR) is 122 cm³/mol. The summed E-state index contributed by atoms with van der Waals surface area (Å²) >= 11 is 0. The molecule has 4 aromatic rings. The van der Waals surface area contributed by atoms with E-state index >= 15 is 0 Å². The quantitative estimate of drug-likeness (QED) is 0.362. The molecule has 0 unspecified atom stereocenters. The zero-order chi connectivity index (χ0) is 22.7. The van der Waals surface area contributed by atoms with Crippen molar-refractivity contribution in [2.75, 3.05) is 39.0 Å². The van der Waals surface area contributed by atoms with Crippen molar-refractivity contribution in [3.05, 3.63) is 48.0 Å². The Bertz CT molecular complexity index is 1240. The normalized spacial score (nSPS) is 11.2. The lowest BCUT2D eigenvalue weighted by atomic mass is 10.2. The summed E-state index contributed by atoms with van der Waals surface area (Å²) in [6, 6.07) is 13.2. The number of hydrogen-bond acceptors (Lipinski definition) is 7. The minimum absolute atomic E-state index is 0.0851. The van der Waals surface area contributed by atoms with E-state index in [0.717, 1.165) is 11.0 Å². The molecule has 3 N–H and O–H groups in total. The van der Waals surface area contributed by atoms with Gasteiger partial charge in [-0.15, -0.1) is 0 Å². The Morgan fingerprint density at radius 2 is 1.81 bits per heavy atom. The van der Waals surface area contributed by atoms with E-state index in [0.29, 0.717) is 48.3 Å². The summed E-state index contributed by atoms with van der Waals surface area (Å²) < 4.78 is 7.57. The molecule has 0 radical (unpaired) electrons. The third-order valence-electron chi connectivity index (χ3n) is 4.85.